The van der Waals surface area contributed by atoms with Crippen molar-refractivity contribution in [2.24, 2.45) is 0 Å². The molecule has 0 radical (unpaired) electrons. The molecule has 6 nitrogen and oxygen atoms in total. The Bertz CT molecular complexity index is 1480. The van der Waals surface area contributed by atoms with Gasteiger partial charge in [-0.25, -0.2) is 4.98 Å². The molecule has 1 aromatic heterocycles. The zero-order valence-electron chi connectivity index (χ0n) is 20.5. The molecule has 5 rings (SSSR count). The molecule has 0 saturated heterocycles. The Kier molecular flexibility index (Phi) is 8.06. The molecule has 0 atom stereocenters. The fourth-order valence-corrected chi connectivity index (χ4v) is 5.20. The number of hydrogen-bond acceptors (Lipinski definition) is 6. The average molecular weight is 574 g/mol. The zero-order chi connectivity index (χ0) is 27.4. The normalized spacial score (nSPS) is 12.6. The summed E-state index contributed by atoms with van der Waals surface area (Å²) in [6.45, 7) is 1.49. The van der Waals surface area contributed by atoms with Crippen molar-refractivity contribution in [3.8, 4) is 11.5 Å². The van der Waals surface area contributed by atoms with Crippen LogP contribution in [0.3, 0.4) is 0 Å². The number of halogens is 4. The van der Waals surface area contributed by atoms with Gasteiger partial charge in [0.15, 0.2) is 11.5 Å². The minimum Gasteiger partial charge on any atom is -0.454 e. The Balaban J connectivity index is 1.27. The van der Waals surface area contributed by atoms with Crippen molar-refractivity contribution < 1.29 is 27.4 Å². The number of thiazole rings is 1. The van der Waals surface area contributed by atoms with Crippen LogP contribution >= 0.6 is 22.9 Å². The maximum atomic E-state index is 13.3. The highest BCUT2D eigenvalue weighted by molar-refractivity contribution is 7.09. The minimum absolute atomic E-state index is 0.175. The molecule has 1 amide bonds. The number of amides is 1. The molecular weight excluding hydrogens is 551 g/mol. The van der Waals surface area contributed by atoms with Gasteiger partial charge >= 0.3 is 6.18 Å². The van der Waals surface area contributed by atoms with Crippen LogP contribution in [0.15, 0.2) is 72.1 Å². The lowest BCUT2D eigenvalue weighted by molar-refractivity contribution is -0.137. The van der Waals surface area contributed by atoms with E-state index in [1.807, 2.05) is 35.2 Å². The highest BCUT2D eigenvalue weighted by atomic mass is 35.5. The van der Waals surface area contributed by atoms with Crippen LogP contribution in [0.1, 0.15) is 37.7 Å². The third kappa shape index (κ3) is 7.08. The van der Waals surface area contributed by atoms with Crippen LogP contribution in [0, 0.1) is 0 Å². The van der Waals surface area contributed by atoms with Gasteiger partial charge < -0.3 is 14.8 Å². The van der Waals surface area contributed by atoms with E-state index >= 15 is 0 Å². The molecule has 0 bridgehead atoms. The number of rotatable bonds is 9. The smallest absolute Gasteiger partial charge is 0.416 e. The topological polar surface area (TPSA) is 63.7 Å². The number of ether oxygens (including phenoxy) is 2. The molecule has 11 heteroatoms. The van der Waals surface area contributed by atoms with Crippen molar-refractivity contribution in [3.63, 3.8) is 0 Å². The number of aromatic nitrogens is 1. The van der Waals surface area contributed by atoms with Crippen LogP contribution in [0.5, 0.6) is 11.5 Å². The maximum Gasteiger partial charge on any atom is 0.416 e. The predicted octanol–water partition coefficient (Wildman–Crippen LogP) is 6.68. The first-order chi connectivity index (χ1) is 18.7. The molecule has 202 valence electrons. The SMILES string of the molecule is O=C(NCc1ccc2c(c1)OCO2)c1csc(CN(Cc2cccc(Cl)c2)Cc2cccc(C(F)(F)F)c2)n1. The Labute approximate surface area is 232 Å². The number of nitrogens with one attached hydrogen (secondary N) is 1. The van der Waals surface area contributed by atoms with E-state index in [9.17, 15) is 18.0 Å². The van der Waals surface area contributed by atoms with Crippen LogP contribution in [0.4, 0.5) is 13.2 Å². The molecule has 2 heterocycles. The van der Waals surface area contributed by atoms with Crippen molar-refractivity contribution in [1.29, 1.82) is 0 Å². The van der Waals surface area contributed by atoms with Crippen molar-refractivity contribution in [2.45, 2.75) is 32.4 Å². The van der Waals surface area contributed by atoms with Gasteiger partial charge in [-0.2, -0.15) is 13.2 Å². The summed E-state index contributed by atoms with van der Waals surface area (Å²) in [5, 5.41) is 5.76. The number of carbonyl (C=O) groups is 1. The average Bonchev–Trinajstić information content (AvgIpc) is 3.56. The quantitative estimate of drug-likeness (QED) is 0.242. The standard InChI is InChI=1S/C28H23ClF3N3O3S/c29-22-6-2-4-20(10-22)14-35(13-19-3-1-5-21(9-19)28(30,31)32)15-26-34-23(16-39-26)27(36)33-12-18-7-8-24-25(11-18)38-17-37-24/h1-11,16H,12-15,17H2,(H,33,36). The van der Waals surface area contributed by atoms with E-state index in [0.717, 1.165) is 23.3 Å². The van der Waals surface area contributed by atoms with Crippen molar-refractivity contribution in [2.75, 3.05) is 6.79 Å². The van der Waals surface area contributed by atoms with Gasteiger partial charge in [0.1, 0.15) is 10.7 Å². The molecule has 0 aliphatic carbocycles. The highest BCUT2D eigenvalue weighted by Crippen LogP contribution is 2.32. The van der Waals surface area contributed by atoms with Crippen LogP contribution < -0.4 is 14.8 Å². The predicted molar refractivity (Wildman–Crippen MR) is 142 cm³/mol. The highest BCUT2D eigenvalue weighted by Gasteiger charge is 2.30. The summed E-state index contributed by atoms with van der Waals surface area (Å²) in [6, 6.07) is 18.0. The largest absolute Gasteiger partial charge is 0.454 e. The number of alkyl halides is 3. The monoisotopic (exact) mass is 573 g/mol. The molecule has 0 unspecified atom stereocenters. The van der Waals surface area contributed by atoms with E-state index in [-0.39, 0.29) is 24.9 Å². The fourth-order valence-electron chi connectivity index (χ4n) is 4.17. The van der Waals surface area contributed by atoms with E-state index in [1.165, 1.54) is 17.4 Å². The van der Waals surface area contributed by atoms with E-state index in [4.69, 9.17) is 21.1 Å². The summed E-state index contributed by atoms with van der Waals surface area (Å²) in [4.78, 5) is 19.2. The van der Waals surface area contributed by atoms with E-state index < -0.39 is 11.7 Å². The van der Waals surface area contributed by atoms with E-state index in [0.29, 0.717) is 46.7 Å². The van der Waals surface area contributed by atoms with Crippen LogP contribution in [-0.4, -0.2) is 22.6 Å². The number of benzene rings is 3. The first-order valence-corrected chi connectivity index (χ1v) is 13.2. The molecule has 1 aliphatic rings. The lowest BCUT2D eigenvalue weighted by Gasteiger charge is -2.22. The van der Waals surface area contributed by atoms with Crippen LogP contribution in [0.2, 0.25) is 5.02 Å². The lowest BCUT2D eigenvalue weighted by Crippen LogP contribution is -2.24. The van der Waals surface area contributed by atoms with Gasteiger partial charge in [0.05, 0.1) is 12.1 Å². The second kappa shape index (κ2) is 11.6. The van der Waals surface area contributed by atoms with Crippen molar-refractivity contribution in [1.82, 2.24) is 15.2 Å². The second-order valence-electron chi connectivity index (χ2n) is 8.97. The van der Waals surface area contributed by atoms with Crippen LogP contribution in [0.25, 0.3) is 0 Å². The Morgan fingerprint density at radius 1 is 0.949 bits per heavy atom. The molecule has 39 heavy (non-hydrogen) atoms. The number of nitrogens with zero attached hydrogens (tertiary/aromatic N) is 2. The zero-order valence-corrected chi connectivity index (χ0v) is 22.1. The van der Waals surface area contributed by atoms with Gasteiger partial charge in [-0.15, -0.1) is 11.3 Å². The summed E-state index contributed by atoms with van der Waals surface area (Å²) in [6.07, 6.45) is -4.42. The first kappa shape index (κ1) is 27.0. The Hall–Kier alpha value is -3.60. The van der Waals surface area contributed by atoms with Gasteiger partial charge in [-0.1, -0.05) is 48.0 Å². The molecule has 0 spiro atoms. The van der Waals surface area contributed by atoms with Gasteiger partial charge in [0, 0.05) is 30.0 Å². The molecule has 3 aromatic carbocycles. The van der Waals surface area contributed by atoms with Gasteiger partial charge in [0.25, 0.3) is 5.91 Å². The van der Waals surface area contributed by atoms with Crippen molar-refractivity contribution >= 4 is 28.8 Å². The third-order valence-corrected chi connectivity index (χ3v) is 7.06. The van der Waals surface area contributed by atoms with E-state index in [1.54, 1.807) is 23.6 Å². The molecule has 4 aromatic rings. The number of hydrogen-bond donors (Lipinski definition) is 1. The minimum atomic E-state index is -4.42. The fraction of sp³-hybridized carbons (Fsp3) is 0.214. The van der Waals surface area contributed by atoms with E-state index in [2.05, 4.69) is 10.3 Å². The third-order valence-electron chi connectivity index (χ3n) is 5.99. The molecule has 0 fully saturated rings. The number of fused-ring (bicyclic) bond motifs is 1. The Morgan fingerprint density at radius 3 is 2.46 bits per heavy atom. The molecule has 1 N–H and O–H groups in total. The summed E-state index contributed by atoms with van der Waals surface area (Å²) in [5.41, 5.74) is 1.87. The first-order valence-electron chi connectivity index (χ1n) is 12.0. The molecular formula is C28H23ClF3N3O3S. The summed E-state index contributed by atoms with van der Waals surface area (Å²) in [5.74, 6) is 0.981. The Morgan fingerprint density at radius 2 is 1.69 bits per heavy atom. The summed E-state index contributed by atoms with van der Waals surface area (Å²) in [7, 11) is 0. The molecule has 1 aliphatic heterocycles. The second-order valence-corrected chi connectivity index (χ2v) is 10.3. The van der Waals surface area contributed by atoms with Gasteiger partial charge in [0.2, 0.25) is 6.79 Å². The number of carbonyl (C=O) groups excluding carboxylic acids is 1. The van der Waals surface area contributed by atoms with Gasteiger partial charge in [-0.3, -0.25) is 9.69 Å². The lowest BCUT2D eigenvalue weighted by atomic mass is 10.1. The summed E-state index contributed by atoms with van der Waals surface area (Å²) >= 11 is 7.47. The molecule has 0 saturated carbocycles. The van der Waals surface area contributed by atoms with Crippen molar-refractivity contribution in [3.05, 3.63) is 110 Å². The maximum absolute atomic E-state index is 13.3. The summed E-state index contributed by atoms with van der Waals surface area (Å²) < 4.78 is 50.5. The van der Waals surface area contributed by atoms with Crippen LogP contribution in [-0.2, 0) is 32.4 Å². The van der Waals surface area contributed by atoms with Gasteiger partial charge in [-0.05, 0) is 47.0 Å².